The second-order valence-electron chi connectivity index (χ2n) is 8.35. The number of alkyl carbamates (subject to hydrolysis) is 1. The van der Waals surface area contributed by atoms with Gasteiger partial charge in [-0.1, -0.05) is 30.3 Å². The Morgan fingerprint density at radius 3 is 2.29 bits per heavy atom. The number of alkyl halides is 1. The molecule has 28 heavy (non-hydrogen) atoms. The molecule has 1 aromatic rings. The number of halogens is 1. The van der Waals surface area contributed by atoms with Crippen LogP contribution in [0.5, 0.6) is 0 Å². The topological polar surface area (TPSA) is 56.8 Å². The van der Waals surface area contributed by atoms with E-state index in [4.69, 9.17) is 14.2 Å². The Kier molecular flexibility index (Phi) is 9.19. The Morgan fingerprint density at radius 2 is 1.71 bits per heavy atom. The molecule has 1 aliphatic rings. The van der Waals surface area contributed by atoms with Gasteiger partial charge in [0.25, 0.3) is 0 Å². The lowest BCUT2D eigenvalue weighted by molar-refractivity contribution is -0.0423. The summed E-state index contributed by atoms with van der Waals surface area (Å²) < 4.78 is 30.0. The molecule has 1 atom stereocenters. The maximum absolute atomic E-state index is 12.8. The average Bonchev–Trinajstić information content (AvgIpc) is 2.65. The number of ether oxygens (including phenoxy) is 3. The minimum Gasteiger partial charge on any atom is -0.444 e. The summed E-state index contributed by atoms with van der Waals surface area (Å²) in [6, 6.07) is 9.78. The van der Waals surface area contributed by atoms with E-state index in [9.17, 15) is 9.18 Å². The highest BCUT2D eigenvalue weighted by Gasteiger charge is 2.24. The van der Waals surface area contributed by atoms with E-state index in [2.05, 4.69) is 17.4 Å². The standard InChI is InChI=1S/C22H34FNO4/c1-22(2,3)28-21(25)24-18(13-14-23)16-27-20-11-9-19(10-12-20)26-15-17-7-5-4-6-8-17/h4-8,18-20H,9-16H2,1-3H3,(H,24,25)/t18-,19?,20?/m0/s1. The SMILES string of the molecule is CC(C)(C)OC(=O)N[C@@H](CCF)COC1CCC(OCc2ccccc2)CC1. The van der Waals surface area contributed by atoms with Crippen molar-refractivity contribution in [2.24, 2.45) is 0 Å². The molecule has 1 aliphatic carbocycles. The van der Waals surface area contributed by atoms with Crippen molar-refractivity contribution in [2.75, 3.05) is 13.3 Å². The highest BCUT2D eigenvalue weighted by atomic mass is 19.1. The number of carbonyl (C=O) groups excluding carboxylic acids is 1. The second kappa shape index (κ2) is 11.4. The van der Waals surface area contributed by atoms with Crippen LogP contribution < -0.4 is 5.32 Å². The lowest BCUT2D eigenvalue weighted by atomic mass is 9.95. The van der Waals surface area contributed by atoms with E-state index in [1.807, 2.05) is 18.2 Å². The summed E-state index contributed by atoms with van der Waals surface area (Å²) in [7, 11) is 0. The molecule has 6 heteroatoms. The highest BCUT2D eigenvalue weighted by molar-refractivity contribution is 5.68. The van der Waals surface area contributed by atoms with Crippen LogP contribution in [0.25, 0.3) is 0 Å². The van der Waals surface area contributed by atoms with E-state index in [1.165, 1.54) is 5.56 Å². The zero-order chi connectivity index (χ0) is 20.4. The van der Waals surface area contributed by atoms with Gasteiger partial charge in [0.1, 0.15) is 5.60 Å². The Morgan fingerprint density at radius 1 is 1.11 bits per heavy atom. The van der Waals surface area contributed by atoms with Crippen molar-refractivity contribution in [2.45, 2.75) is 83.3 Å². The average molecular weight is 396 g/mol. The summed E-state index contributed by atoms with van der Waals surface area (Å²) in [5.74, 6) is 0. The van der Waals surface area contributed by atoms with E-state index in [0.29, 0.717) is 13.2 Å². The maximum Gasteiger partial charge on any atom is 0.407 e. The Bertz CT molecular complexity index is 568. The van der Waals surface area contributed by atoms with E-state index in [1.54, 1.807) is 20.8 Å². The van der Waals surface area contributed by atoms with Crippen molar-refractivity contribution < 1.29 is 23.4 Å². The summed E-state index contributed by atoms with van der Waals surface area (Å²) in [5.41, 5.74) is 0.603. The predicted molar refractivity (Wildman–Crippen MR) is 107 cm³/mol. The first-order chi connectivity index (χ1) is 13.4. The van der Waals surface area contributed by atoms with Gasteiger partial charge >= 0.3 is 6.09 Å². The number of hydrogen-bond acceptors (Lipinski definition) is 4. The minimum atomic E-state index is -0.580. The van der Waals surface area contributed by atoms with Gasteiger partial charge in [-0.3, -0.25) is 4.39 Å². The maximum atomic E-state index is 12.8. The predicted octanol–water partition coefficient (Wildman–Crippen LogP) is 4.78. The second-order valence-corrected chi connectivity index (χ2v) is 8.35. The fraction of sp³-hybridized carbons (Fsp3) is 0.682. The molecule has 0 aliphatic heterocycles. The summed E-state index contributed by atoms with van der Waals surface area (Å²) in [4.78, 5) is 11.9. The zero-order valence-corrected chi connectivity index (χ0v) is 17.3. The first kappa shape index (κ1) is 22.6. The lowest BCUT2D eigenvalue weighted by Crippen LogP contribution is -2.42. The third kappa shape index (κ3) is 9.02. The molecule has 1 amide bonds. The van der Waals surface area contributed by atoms with Gasteiger partial charge in [-0.15, -0.1) is 0 Å². The normalized spacial score (nSPS) is 21.1. The van der Waals surface area contributed by atoms with Gasteiger partial charge in [0.2, 0.25) is 0 Å². The van der Waals surface area contributed by atoms with E-state index < -0.39 is 18.4 Å². The monoisotopic (exact) mass is 395 g/mol. The van der Waals surface area contributed by atoms with Crippen LogP contribution in [0.1, 0.15) is 58.4 Å². The number of rotatable bonds is 9. The largest absolute Gasteiger partial charge is 0.444 e. The lowest BCUT2D eigenvalue weighted by Gasteiger charge is -2.30. The molecule has 0 unspecified atom stereocenters. The van der Waals surface area contributed by atoms with Crippen LogP contribution in [-0.4, -0.2) is 43.2 Å². The molecule has 0 bridgehead atoms. The van der Waals surface area contributed by atoms with Gasteiger partial charge in [0.05, 0.1) is 38.1 Å². The van der Waals surface area contributed by atoms with Crippen LogP contribution in [0.3, 0.4) is 0 Å². The van der Waals surface area contributed by atoms with Crippen molar-refractivity contribution in [3.63, 3.8) is 0 Å². The van der Waals surface area contributed by atoms with Gasteiger partial charge in [0.15, 0.2) is 0 Å². The fourth-order valence-corrected chi connectivity index (χ4v) is 3.21. The van der Waals surface area contributed by atoms with Gasteiger partial charge < -0.3 is 19.5 Å². The molecule has 0 radical (unpaired) electrons. The molecular formula is C22H34FNO4. The number of amides is 1. The number of nitrogens with one attached hydrogen (secondary N) is 1. The van der Waals surface area contributed by atoms with Crippen molar-refractivity contribution in [1.29, 1.82) is 0 Å². The smallest absolute Gasteiger partial charge is 0.407 e. The molecule has 0 heterocycles. The molecule has 0 saturated heterocycles. The fourth-order valence-electron chi connectivity index (χ4n) is 3.21. The van der Waals surface area contributed by atoms with Crippen molar-refractivity contribution in [1.82, 2.24) is 5.32 Å². The van der Waals surface area contributed by atoms with Crippen LogP contribution in [0.15, 0.2) is 30.3 Å². The Labute approximate surface area is 167 Å². The quantitative estimate of drug-likeness (QED) is 0.653. The van der Waals surface area contributed by atoms with Gasteiger partial charge in [0, 0.05) is 0 Å². The summed E-state index contributed by atoms with van der Waals surface area (Å²) >= 11 is 0. The van der Waals surface area contributed by atoms with Gasteiger partial charge in [-0.05, 0) is 58.4 Å². The molecule has 5 nitrogen and oxygen atoms in total. The first-order valence-electron chi connectivity index (χ1n) is 10.2. The van der Waals surface area contributed by atoms with Crippen LogP contribution in [0, 0.1) is 0 Å². The molecule has 1 fully saturated rings. The molecule has 1 aromatic carbocycles. The first-order valence-corrected chi connectivity index (χ1v) is 10.2. The molecule has 1 N–H and O–H groups in total. The molecule has 0 spiro atoms. The van der Waals surface area contributed by atoms with Crippen molar-refractivity contribution in [3.05, 3.63) is 35.9 Å². The van der Waals surface area contributed by atoms with E-state index >= 15 is 0 Å². The molecule has 0 aromatic heterocycles. The summed E-state index contributed by atoms with van der Waals surface area (Å²) in [6.45, 7) is 5.81. The molecule has 158 valence electrons. The summed E-state index contributed by atoms with van der Waals surface area (Å²) in [5, 5.41) is 2.71. The number of hydrogen-bond donors (Lipinski definition) is 1. The van der Waals surface area contributed by atoms with Crippen LogP contribution in [0.4, 0.5) is 9.18 Å². The third-order valence-electron chi connectivity index (χ3n) is 4.66. The molecule has 1 saturated carbocycles. The molecule has 2 rings (SSSR count). The molecular weight excluding hydrogens is 361 g/mol. The van der Waals surface area contributed by atoms with E-state index in [-0.39, 0.29) is 24.7 Å². The van der Waals surface area contributed by atoms with Gasteiger partial charge in [-0.25, -0.2) is 4.79 Å². The van der Waals surface area contributed by atoms with Crippen LogP contribution in [-0.2, 0) is 20.8 Å². The van der Waals surface area contributed by atoms with Crippen LogP contribution >= 0.6 is 0 Å². The third-order valence-corrected chi connectivity index (χ3v) is 4.66. The summed E-state index contributed by atoms with van der Waals surface area (Å²) in [6.07, 6.45) is 3.78. The number of benzene rings is 1. The highest BCUT2D eigenvalue weighted by Crippen LogP contribution is 2.24. The van der Waals surface area contributed by atoms with E-state index in [0.717, 1.165) is 25.7 Å². The Hall–Kier alpha value is -1.66. The van der Waals surface area contributed by atoms with Crippen LogP contribution in [0.2, 0.25) is 0 Å². The van der Waals surface area contributed by atoms with Crippen molar-refractivity contribution in [3.8, 4) is 0 Å². The Balaban J connectivity index is 1.67. The minimum absolute atomic E-state index is 0.124. The number of carbonyl (C=O) groups is 1. The van der Waals surface area contributed by atoms with Gasteiger partial charge in [-0.2, -0.15) is 0 Å². The zero-order valence-electron chi connectivity index (χ0n) is 17.3. The van der Waals surface area contributed by atoms with Crippen molar-refractivity contribution >= 4 is 6.09 Å².